The van der Waals surface area contributed by atoms with Gasteiger partial charge < -0.3 is 0 Å². The first-order valence-electron chi connectivity index (χ1n) is 4.82. The summed E-state index contributed by atoms with van der Waals surface area (Å²) in [6.45, 7) is 0. The highest BCUT2D eigenvalue weighted by Gasteiger charge is 2.42. The van der Waals surface area contributed by atoms with Crippen molar-refractivity contribution in [1.82, 2.24) is 0 Å². The molecule has 1 saturated carbocycles. The molecule has 1 nitrogen and oxygen atoms in total. The van der Waals surface area contributed by atoms with Crippen molar-refractivity contribution in [3.63, 3.8) is 0 Å². The van der Waals surface area contributed by atoms with Crippen LogP contribution in [0.15, 0.2) is 29.2 Å². The molecule has 0 amide bonds. The third-order valence-electron chi connectivity index (χ3n) is 2.79. The van der Waals surface area contributed by atoms with Gasteiger partial charge in [-0.25, -0.2) is 0 Å². The molecular formula is C12H13NS. The van der Waals surface area contributed by atoms with Gasteiger partial charge >= 0.3 is 0 Å². The van der Waals surface area contributed by atoms with Crippen molar-refractivity contribution in [3.8, 4) is 6.07 Å². The number of nitrogens with zero attached hydrogens (tertiary/aromatic N) is 1. The molecule has 0 N–H and O–H groups in total. The Hall–Kier alpha value is -0.940. The van der Waals surface area contributed by atoms with Gasteiger partial charge in [-0.1, -0.05) is 12.1 Å². The summed E-state index contributed by atoms with van der Waals surface area (Å²) in [6.07, 6.45) is 5.16. The van der Waals surface area contributed by atoms with E-state index in [9.17, 15) is 0 Å². The van der Waals surface area contributed by atoms with Crippen LogP contribution in [0.4, 0.5) is 0 Å². The van der Waals surface area contributed by atoms with Crippen molar-refractivity contribution in [3.05, 3.63) is 29.8 Å². The maximum absolute atomic E-state index is 8.96. The van der Waals surface area contributed by atoms with Crippen molar-refractivity contribution < 1.29 is 0 Å². The van der Waals surface area contributed by atoms with Gasteiger partial charge in [0.1, 0.15) is 0 Å². The molecule has 0 bridgehead atoms. The van der Waals surface area contributed by atoms with Crippen LogP contribution in [0.3, 0.4) is 0 Å². The molecule has 0 saturated heterocycles. The lowest BCUT2D eigenvalue weighted by atomic mass is 9.98. The fraction of sp³-hybridized carbons (Fsp3) is 0.417. The minimum absolute atomic E-state index is 0.0130. The molecule has 0 atom stereocenters. The van der Waals surface area contributed by atoms with Crippen molar-refractivity contribution in [2.75, 3.05) is 6.26 Å². The minimum Gasteiger partial charge on any atom is -0.198 e. The summed E-state index contributed by atoms with van der Waals surface area (Å²) in [6, 6.07) is 11.0. The molecular weight excluding hydrogens is 190 g/mol. The monoisotopic (exact) mass is 203 g/mol. The molecule has 1 aliphatic rings. The number of rotatable bonds is 3. The summed E-state index contributed by atoms with van der Waals surface area (Å²) in [7, 11) is 0. The fourth-order valence-electron chi connectivity index (χ4n) is 1.61. The molecule has 1 aromatic rings. The predicted octanol–water partition coefficient (Wildman–Crippen LogP) is 3.25. The van der Waals surface area contributed by atoms with Gasteiger partial charge in [0.05, 0.1) is 11.5 Å². The van der Waals surface area contributed by atoms with Crippen LogP contribution in [-0.2, 0) is 6.42 Å². The van der Waals surface area contributed by atoms with Crippen LogP contribution in [0.2, 0.25) is 0 Å². The standard InChI is InChI=1S/C12H13NS/c1-14-11-4-2-10(3-5-11)8-12(9-13)6-7-12/h2-5H,6-8H2,1H3. The van der Waals surface area contributed by atoms with Gasteiger partial charge in [-0.3, -0.25) is 0 Å². The van der Waals surface area contributed by atoms with E-state index in [1.807, 2.05) is 0 Å². The van der Waals surface area contributed by atoms with E-state index in [0.29, 0.717) is 0 Å². The van der Waals surface area contributed by atoms with Gasteiger partial charge in [0.2, 0.25) is 0 Å². The van der Waals surface area contributed by atoms with E-state index in [1.165, 1.54) is 10.5 Å². The second-order valence-corrected chi connectivity index (χ2v) is 4.80. The minimum atomic E-state index is -0.0130. The highest BCUT2D eigenvalue weighted by atomic mass is 32.2. The van der Waals surface area contributed by atoms with E-state index in [0.717, 1.165) is 19.3 Å². The Balaban J connectivity index is 2.08. The first-order valence-corrected chi connectivity index (χ1v) is 6.05. The third kappa shape index (κ3) is 1.93. The van der Waals surface area contributed by atoms with E-state index < -0.39 is 0 Å². The maximum Gasteiger partial charge on any atom is 0.0693 e. The van der Waals surface area contributed by atoms with Gasteiger partial charge in [0.25, 0.3) is 0 Å². The molecule has 14 heavy (non-hydrogen) atoms. The average molecular weight is 203 g/mol. The van der Waals surface area contributed by atoms with Gasteiger partial charge in [0, 0.05) is 4.90 Å². The summed E-state index contributed by atoms with van der Waals surface area (Å²) in [4.78, 5) is 1.29. The van der Waals surface area contributed by atoms with Crippen LogP contribution in [-0.4, -0.2) is 6.26 Å². The van der Waals surface area contributed by atoms with E-state index in [1.54, 1.807) is 11.8 Å². The quantitative estimate of drug-likeness (QED) is 0.704. The SMILES string of the molecule is CSc1ccc(CC2(C#N)CC2)cc1. The lowest BCUT2D eigenvalue weighted by Gasteiger charge is -2.05. The Morgan fingerprint density at radius 3 is 2.43 bits per heavy atom. The number of hydrogen-bond acceptors (Lipinski definition) is 2. The lowest BCUT2D eigenvalue weighted by molar-refractivity contribution is 0.664. The van der Waals surface area contributed by atoms with Crippen LogP contribution in [0, 0.1) is 16.7 Å². The second-order valence-electron chi connectivity index (χ2n) is 3.92. The van der Waals surface area contributed by atoms with E-state index in [2.05, 4.69) is 36.6 Å². The number of hydrogen-bond donors (Lipinski definition) is 0. The van der Waals surface area contributed by atoms with Gasteiger partial charge in [-0.05, 0) is 43.2 Å². The number of benzene rings is 1. The zero-order chi connectivity index (χ0) is 10.0. The van der Waals surface area contributed by atoms with Crippen LogP contribution >= 0.6 is 11.8 Å². The maximum atomic E-state index is 8.96. The Morgan fingerprint density at radius 2 is 2.00 bits per heavy atom. The van der Waals surface area contributed by atoms with E-state index in [4.69, 9.17) is 5.26 Å². The van der Waals surface area contributed by atoms with Gasteiger partial charge in [-0.2, -0.15) is 5.26 Å². The summed E-state index contributed by atoms with van der Waals surface area (Å²) < 4.78 is 0. The van der Waals surface area contributed by atoms with E-state index in [-0.39, 0.29) is 5.41 Å². The molecule has 1 fully saturated rings. The number of nitriles is 1. The number of thioether (sulfide) groups is 1. The van der Waals surface area contributed by atoms with Crippen molar-refractivity contribution in [2.45, 2.75) is 24.2 Å². The highest BCUT2D eigenvalue weighted by Crippen LogP contribution is 2.47. The molecule has 1 aliphatic carbocycles. The molecule has 0 aliphatic heterocycles. The normalized spacial score (nSPS) is 17.4. The zero-order valence-electron chi connectivity index (χ0n) is 8.29. The zero-order valence-corrected chi connectivity index (χ0v) is 9.10. The topological polar surface area (TPSA) is 23.8 Å². The van der Waals surface area contributed by atoms with Crippen LogP contribution in [0.1, 0.15) is 18.4 Å². The molecule has 0 unspecified atom stereocenters. The Labute approximate surface area is 89.1 Å². The van der Waals surface area contributed by atoms with Gasteiger partial charge in [0.15, 0.2) is 0 Å². The Bertz CT molecular complexity index is 357. The average Bonchev–Trinajstić information content (AvgIpc) is 3.00. The van der Waals surface area contributed by atoms with Crippen molar-refractivity contribution >= 4 is 11.8 Å². The summed E-state index contributed by atoms with van der Waals surface area (Å²) in [5.74, 6) is 0. The molecule has 72 valence electrons. The highest BCUT2D eigenvalue weighted by molar-refractivity contribution is 7.98. The predicted molar refractivity (Wildman–Crippen MR) is 59.2 cm³/mol. The molecule has 0 aromatic heterocycles. The summed E-state index contributed by atoms with van der Waals surface area (Å²) in [5, 5.41) is 8.96. The first kappa shape index (κ1) is 9.61. The molecule has 2 heteroatoms. The molecule has 1 aromatic carbocycles. The molecule has 0 heterocycles. The fourth-order valence-corrected chi connectivity index (χ4v) is 2.02. The molecule has 2 rings (SSSR count). The molecule has 0 radical (unpaired) electrons. The second kappa shape index (κ2) is 3.67. The third-order valence-corrected chi connectivity index (χ3v) is 3.54. The summed E-state index contributed by atoms with van der Waals surface area (Å²) in [5.41, 5.74) is 1.28. The van der Waals surface area contributed by atoms with Crippen LogP contribution in [0.5, 0.6) is 0 Å². The Kier molecular flexibility index (Phi) is 2.52. The van der Waals surface area contributed by atoms with Gasteiger partial charge in [-0.15, -0.1) is 11.8 Å². The molecule has 0 spiro atoms. The first-order chi connectivity index (χ1) is 6.78. The van der Waals surface area contributed by atoms with Crippen LogP contribution < -0.4 is 0 Å². The van der Waals surface area contributed by atoms with Crippen molar-refractivity contribution in [1.29, 1.82) is 5.26 Å². The largest absolute Gasteiger partial charge is 0.198 e. The lowest BCUT2D eigenvalue weighted by Crippen LogP contribution is -2.00. The van der Waals surface area contributed by atoms with Crippen LogP contribution in [0.25, 0.3) is 0 Å². The van der Waals surface area contributed by atoms with Crippen molar-refractivity contribution in [2.24, 2.45) is 5.41 Å². The summed E-state index contributed by atoms with van der Waals surface area (Å²) >= 11 is 1.75. The smallest absolute Gasteiger partial charge is 0.0693 e. The Morgan fingerprint density at radius 1 is 1.36 bits per heavy atom. The van der Waals surface area contributed by atoms with E-state index >= 15 is 0 Å².